The van der Waals surface area contributed by atoms with Crippen molar-refractivity contribution < 1.29 is 12.8 Å². The molecule has 3 rings (SSSR count). The average molecular weight is 342 g/mol. The lowest BCUT2D eigenvalue weighted by atomic mass is 10.2. The van der Waals surface area contributed by atoms with Crippen LogP contribution in [-0.4, -0.2) is 17.7 Å². The molecule has 0 spiro atoms. The summed E-state index contributed by atoms with van der Waals surface area (Å²) in [6.07, 6.45) is 3.20. The zero-order valence-corrected chi connectivity index (χ0v) is 13.9. The van der Waals surface area contributed by atoms with E-state index in [2.05, 4.69) is 4.98 Å². The van der Waals surface area contributed by atoms with Gasteiger partial charge in [0, 0.05) is 6.20 Å². The number of aromatic nitrogens is 1. The van der Waals surface area contributed by atoms with Crippen molar-refractivity contribution in [1.29, 1.82) is 0 Å². The molecule has 0 N–H and O–H groups in total. The maximum absolute atomic E-state index is 12.9. The SMILES string of the molecule is O=S(=O)(Cc1ccccc1)N(Cc1ccccn1)Cc1ccco1. The van der Waals surface area contributed by atoms with E-state index in [1.807, 2.05) is 42.5 Å². The van der Waals surface area contributed by atoms with Gasteiger partial charge in [-0.1, -0.05) is 36.4 Å². The van der Waals surface area contributed by atoms with Crippen molar-refractivity contribution in [3.8, 4) is 0 Å². The van der Waals surface area contributed by atoms with E-state index >= 15 is 0 Å². The van der Waals surface area contributed by atoms with E-state index in [0.717, 1.165) is 5.56 Å². The summed E-state index contributed by atoms with van der Waals surface area (Å²) in [5, 5.41) is 0. The molecule has 1 aromatic carbocycles. The predicted molar refractivity (Wildman–Crippen MR) is 91.3 cm³/mol. The van der Waals surface area contributed by atoms with Crippen molar-refractivity contribution >= 4 is 10.0 Å². The fraction of sp³-hybridized carbons (Fsp3) is 0.167. The summed E-state index contributed by atoms with van der Waals surface area (Å²) in [6, 6.07) is 18.1. The monoisotopic (exact) mass is 342 g/mol. The molecule has 0 amide bonds. The summed E-state index contributed by atoms with van der Waals surface area (Å²) < 4.78 is 32.5. The third-order valence-corrected chi connectivity index (χ3v) is 5.31. The first-order valence-electron chi connectivity index (χ1n) is 7.57. The molecule has 0 aliphatic heterocycles. The van der Waals surface area contributed by atoms with Crippen LogP contribution in [0.25, 0.3) is 0 Å². The second-order valence-corrected chi connectivity index (χ2v) is 7.38. The number of furan rings is 1. The molecule has 0 atom stereocenters. The summed E-state index contributed by atoms with van der Waals surface area (Å²) >= 11 is 0. The minimum atomic E-state index is -3.52. The lowest BCUT2D eigenvalue weighted by molar-refractivity contribution is 0.355. The molecule has 0 aliphatic rings. The zero-order valence-electron chi connectivity index (χ0n) is 13.1. The first kappa shape index (κ1) is 16.4. The van der Waals surface area contributed by atoms with Gasteiger partial charge in [-0.3, -0.25) is 4.98 Å². The van der Waals surface area contributed by atoms with E-state index in [-0.39, 0.29) is 18.8 Å². The van der Waals surface area contributed by atoms with E-state index in [1.165, 1.54) is 10.6 Å². The van der Waals surface area contributed by atoms with E-state index in [1.54, 1.807) is 24.4 Å². The largest absolute Gasteiger partial charge is 0.468 e. The molecule has 2 aromatic heterocycles. The molecule has 3 aromatic rings. The third-order valence-electron chi connectivity index (χ3n) is 3.56. The quantitative estimate of drug-likeness (QED) is 0.661. The normalized spacial score (nSPS) is 11.7. The molecule has 0 saturated carbocycles. The molecule has 0 bridgehead atoms. The van der Waals surface area contributed by atoms with E-state index in [4.69, 9.17) is 4.42 Å². The Kier molecular flexibility index (Phi) is 5.08. The number of hydrogen-bond acceptors (Lipinski definition) is 4. The van der Waals surface area contributed by atoms with Crippen LogP contribution in [-0.2, 0) is 28.9 Å². The molecular formula is C18H18N2O3S. The number of sulfonamides is 1. The van der Waals surface area contributed by atoms with Crippen LogP contribution in [0.2, 0.25) is 0 Å². The molecule has 124 valence electrons. The number of hydrogen-bond donors (Lipinski definition) is 0. The fourth-order valence-corrected chi connectivity index (χ4v) is 3.83. The maximum atomic E-state index is 12.9. The topological polar surface area (TPSA) is 63.4 Å². The molecule has 0 radical (unpaired) electrons. The average Bonchev–Trinajstić information content (AvgIpc) is 3.09. The van der Waals surface area contributed by atoms with Crippen molar-refractivity contribution in [2.24, 2.45) is 0 Å². The van der Waals surface area contributed by atoms with Crippen LogP contribution in [0.3, 0.4) is 0 Å². The number of pyridine rings is 1. The molecule has 0 saturated heterocycles. The minimum absolute atomic E-state index is 0.0542. The Bertz CT molecular complexity index is 848. The second kappa shape index (κ2) is 7.42. The van der Waals surface area contributed by atoms with Crippen LogP contribution in [0, 0.1) is 0 Å². The summed E-state index contributed by atoms with van der Waals surface area (Å²) in [4.78, 5) is 4.23. The van der Waals surface area contributed by atoms with E-state index in [9.17, 15) is 8.42 Å². The third kappa shape index (κ3) is 4.31. The van der Waals surface area contributed by atoms with Crippen molar-refractivity contribution in [2.75, 3.05) is 0 Å². The summed E-state index contributed by atoms with van der Waals surface area (Å²) in [5.74, 6) is 0.545. The second-order valence-electron chi connectivity index (χ2n) is 5.41. The van der Waals surface area contributed by atoms with Gasteiger partial charge in [0.1, 0.15) is 5.76 Å². The van der Waals surface area contributed by atoms with Gasteiger partial charge in [-0.05, 0) is 29.8 Å². The molecular weight excluding hydrogens is 324 g/mol. The van der Waals surface area contributed by atoms with Crippen LogP contribution >= 0.6 is 0 Å². The first-order chi connectivity index (χ1) is 11.6. The molecule has 6 heteroatoms. The smallest absolute Gasteiger partial charge is 0.219 e. The van der Waals surface area contributed by atoms with Crippen LogP contribution in [0.1, 0.15) is 17.0 Å². The van der Waals surface area contributed by atoms with Gasteiger partial charge in [0.05, 0.1) is 30.8 Å². The van der Waals surface area contributed by atoms with Crippen LogP contribution in [0.4, 0.5) is 0 Å². The summed E-state index contributed by atoms with van der Waals surface area (Å²) in [7, 11) is -3.52. The standard InChI is InChI=1S/C18H18N2O3S/c21-24(22,15-16-7-2-1-3-8-16)20(14-18-10-6-12-23-18)13-17-9-4-5-11-19-17/h1-12H,13-15H2. The van der Waals surface area contributed by atoms with Crippen molar-refractivity contribution in [3.63, 3.8) is 0 Å². The lowest BCUT2D eigenvalue weighted by Crippen LogP contribution is -2.31. The Morgan fingerprint density at radius 3 is 2.38 bits per heavy atom. The van der Waals surface area contributed by atoms with Crippen molar-refractivity contribution in [1.82, 2.24) is 9.29 Å². The van der Waals surface area contributed by atoms with Crippen molar-refractivity contribution in [3.05, 3.63) is 90.1 Å². The Hall–Kier alpha value is -2.44. The van der Waals surface area contributed by atoms with Crippen LogP contribution in [0.15, 0.2) is 77.5 Å². The highest BCUT2D eigenvalue weighted by molar-refractivity contribution is 7.88. The molecule has 24 heavy (non-hydrogen) atoms. The minimum Gasteiger partial charge on any atom is -0.468 e. The zero-order chi connectivity index (χ0) is 16.8. The fourth-order valence-electron chi connectivity index (χ4n) is 2.38. The van der Waals surface area contributed by atoms with Gasteiger partial charge in [-0.25, -0.2) is 8.42 Å². The van der Waals surface area contributed by atoms with Gasteiger partial charge in [-0.2, -0.15) is 4.31 Å². The molecule has 0 aliphatic carbocycles. The highest BCUT2D eigenvalue weighted by Crippen LogP contribution is 2.17. The Balaban J connectivity index is 1.85. The van der Waals surface area contributed by atoms with E-state index in [0.29, 0.717) is 11.5 Å². The summed E-state index contributed by atoms with van der Waals surface area (Å²) in [5.41, 5.74) is 1.45. The van der Waals surface area contributed by atoms with Gasteiger partial charge in [-0.15, -0.1) is 0 Å². The van der Waals surface area contributed by atoms with E-state index < -0.39 is 10.0 Å². The van der Waals surface area contributed by atoms with Gasteiger partial charge in [0.2, 0.25) is 10.0 Å². The number of rotatable bonds is 7. The Morgan fingerprint density at radius 1 is 0.917 bits per heavy atom. The van der Waals surface area contributed by atoms with Gasteiger partial charge in [0.25, 0.3) is 0 Å². The molecule has 2 heterocycles. The Labute approximate surface area is 141 Å². The molecule has 0 fully saturated rings. The van der Waals surface area contributed by atoms with Gasteiger partial charge < -0.3 is 4.42 Å². The number of benzene rings is 1. The molecule has 5 nitrogen and oxygen atoms in total. The van der Waals surface area contributed by atoms with Crippen LogP contribution in [0.5, 0.6) is 0 Å². The lowest BCUT2D eigenvalue weighted by Gasteiger charge is -2.21. The van der Waals surface area contributed by atoms with Gasteiger partial charge in [0.15, 0.2) is 0 Å². The van der Waals surface area contributed by atoms with Crippen LogP contribution < -0.4 is 0 Å². The van der Waals surface area contributed by atoms with Gasteiger partial charge >= 0.3 is 0 Å². The number of nitrogens with zero attached hydrogens (tertiary/aromatic N) is 2. The maximum Gasteiger partial charge on any atom is 0.219 e. The summed E-state index contributed by atoms with van der Waals surface area (Å²) in [6.45, 7) is 0.384. The first-order valence-corrected chi connectivity index (χ1v) is 9.18. The van der Waals surface area contributed by atoms with Crippen molar-refractivity contribution in [2.45, 2.75) is 18.8 Å². The highest BCUT2D eigenvalue weighted by atomic mass is 32.2. The molecule has 0 unspecified atom stereocenters. The highest BCUT2D eigenvalue weighted by Gasteiger charge is 2.24. The Morgan fingerprint density at radius 2 is 1.71 bits per heavy atom. The predicted octanol–water partition coefficient (Wildman–Crippen LogP) is 3.21.